The molecule has 0 aromatic carbocycles. The molecular weight excluding hydrogens is 407 g/mol. The van der Waals surface area contributed by atoms with Crippen molar-refractivity contribution in [1.29, 1.82) is 0 Å². The highest BCUT2D eigenvalue weighted by atomic mass is 127. The number of rotatable bonds is 7. The van der Waals surface area contributed by atoms with E-state index in [0.717, 1.165) is 38.7 Å². The lowest BCUT2D eigenvalue weighted by Crippen LogP contribution is -2.56. The summed E-state index contributed by atoms with van der Waals surface area (Å²) >= 11 is 0. The van der Waals surface area contributed by atoms with Gasteiger partial charge in [-0.25, -0.2) is 0 Å². The predicted molar refractivity (Wildman–Crippen MR) is 107 cm³/mol. The summed E-state index contributed by atoms with van der Waals surface area (Å²) in [5.74, 6) is 0.849. The van der Waals surface area contributed by atoms with Crippen LogP contribution in [0.25, 0.3) is 0 Å². The van der Waals surface area contributed by atoms with Crippen molar-refractivity contribution in [2.45, 2.75) is 52.4 Å². The molecular formula is C16H35IN4O2. The van der Waals surface area contributed by atoms with Crippen LogP contribution < -0.4 is 10.6 Å². The average Bonchev–Trinajstić information content (AvgIpc) is 2.44. The Morgan fingerprint density at radius 1 is 1.26 bits per heavy atom. The molecule has 2 unspecified atom stereocenters. The van der Waals surface area contributed by atoms with Gasteiger partial charge in [-0.15, -0.1) is 24.0 Å². The zero-order chi connectivity index (χ0) is 16.6. The summed E-state index contributed by atoms with van der Waals surface area (Å²) in [5.41, 5.74) is 0.00983. The number of halogens is 1. The number of hydrogen-bond donors (Lipinski definition) is 2. The first kappa shape index (κ1) is 22.9. The van der Waals surface area contributed by atoms with Crippen LogP contribution >= 0.6 is 24.0 Å². The van der Waals surface area contributed by atoms with Crippen LogP contribution in [0.15, 0.2) is 4.99 Å². The fourth-order valence-corrected chi connectivity index (χ4v) is 2.66. The van der Waals surface area contributed by atoms with Crippen molar-refractivity contribution >= 4 is 29.9 Å². The molecule has 7 heteroatoms. The van der Waals surface area contributed by atoms with Gasteiger partial charge in [-0.05, 0) is 34.6 Å². The number of ether oxygens (including phenoxy) is 2. The van der Waals surface area contributed by atoms with Gasteiger partial charge in [0.1, 0.15) is 0 Å². The Hall–Kier alpha value is -0.120. The monoisotopic (exact) mass is 442 g/mol. The minimum atomic E-state index is 0. The Bertz CT molecular complexity index is 343. The van der Waals surface area contributed by atoms with E-state index in [4.69, 9.17) is 14.5 Å². The number of nitrogens with one attached hydrogen (secondary N) is 2. The SMILES string of the molecule is CCNC(=NCC(C)(C)N1CC(C)OC(C)C1)NCCOC.I. The number of nitrogens with zero attached hydrogens (tertiary/aromatic N) is 2. The number of morpholine rings is 1. The first-order valence-corrected chi connectivity index (χ1v) is 8.30. The van der Waals surface area contributed by atoms with Gasteiger partial charge in [0.05, 0.1) is 25.4 Å². The molecule has 2 atom stereocenters. The van der Waals surface area contributed by atoms with E-state index in [2.05, 4.69) is 50.2 Å². The van der Waals surface area contributed by atoms with E-state index in [1.54, 1.807) is 7.11 Å². The Labute approximate surface area is 158 Å². The largest absolute Gasteiger partial charge is 0.383 e. The highest BCUT2D eigenvalue weighted by Crippen LogP contribution is 2.21. The normalized spacial score (nSPS) is 23.3. The molecule has 0 aliphatic carbocycles. The number of guanidine groups is 1. The van der Waals surface area contributed by atoms with E-state index in [9.17, 15) is 0 Å². The van der Waals surface area contributed by atoms with Gasteiger partial charge >= 0.3 is 0 Å². The molecule has 0 saturated carbocycles. The molecule has 1 fully saturated rings. The molecule has 0 radical (unpaired) electrons. The quantitative estimate of drug-likeness (QED) is 0.272. The van der Waals surface area contributed by atoms with Crippen LogP contribution in [0.3, 0.4) is 0 Å². The van der Waals surface area contributed by atoms with Gasteiger partial charge in [0.2, 0.25) is 0 Å². The molecule has 0 amide bonds. The molecule has 1 saturated heterocycles. The molecule has 1 rings (SSSR count). The van der Waals surface area contributed by atoms with Crippen LogP contribution in [0.1, 0.15) is 34.6 Å². The molecule has 138 valence electrons. The summed E-state index contributed by atoms with van der Waals surface area (Å²) in [6.07, 6.45) is 0.556. The van der Waals surface area contributed by atoms with Gasteiger partial charge in [0, 0.05) is 38.8 Å². The lowest BCUT2D eigenvalue weighted by atomic mass is 10.0. The van der Waals surface area contributed by atoms with Crippen molar-refractivity contribution in [2.24, 2.45) is 4.99 Å². The second-order valence-electron chi connectivity index (χ2n) is 6.59. The Morgan fingerprint density at radius 3 is 2.39 bits per heavy atom. The lowest BCUT2D eigenvalue weighted by Gasteiger charge is -2.44. The van der Waals surface area contributed by atoms with Crippen LogP contribution in [0.4, 0.5) is 0 Å². The molecule has 23 heavy (non-hydrogen) atoms. The van der Waals surface area contributed by atoms with Crippen LogP contribution in [0.5, 0.6) is 0 Å². The van der Waals surface area contributed by atoms with E-state index in [1.807, 2.05) is 0 Å². The topological polar surface area (TPSA) is 58.1 Å². The van der Waals surface area contributed by atoms with Crippen molar-refractivity contribution in [3.8, 4) is 0 Å². The first-order chi connectivity index (χ1) is 10.4. The van der Waals surface area contributed by atoms with E-state index < -0.39 is 0 Å². The standard InChI is InChI=1S/C16H34N4O2.HI/c1-7-17-15(18-8-9-21-6)19-12-16(4,5)20-10-13(2)22-14(3)11-20;/h13-14H,7-12H2,1-6H3,(H2,17,18,19);1H. The van der Waals surface area contributed by atoms with Crippen LogP contribution in [0.2, 0.25) is 0 Å². The molecule has 1 aliphatic rings. The van der Waals surface area contributed by atoms with E-state index >= 15 is 0 Å². The van der Waals surface area contributed by atoms with Crippen molar-refractivity contribution in [1.82, 2.24) is 15.5 Å². The van der Waals surface area contributed by atoms with Crippen molar-refractivity contribution < 1.29 is 9.47 Å². The van der Waals surface area contributed by atoms with Gasteiger partial charge in [-0.2, -0.15) is 0 Å². The van der Waals surface area contributed by atoms with Crippen molar-refractivity contribution in [3.63, 3.8) is 0 Å². The Balaban J connectivity index is 0.00000484. The summed E-state index contributed by atoms with van der Waals surface area (Å²) in [5, 5.41) is 6.56. The molecule has 6 nitrogen and oxygen atoms in total. The summed E-state index contributed by atoms with van der Waals surface area (Å²) in [7, 11) is 1.70. The first-order valence-electron chi connectivity index (χ1n) is 8.30. The molecule has 0 spiro atoms. The third kappa shape index (κ3) is 8.51. The third-order valence-corrected chi connectivity index (χ3v) is 3.84. The van der Waals surface area contributed by atoms with Gasteiger partial charge in [-0.3, -0.25) is 9.89 Å². The maximum absolute atomic E-state index is 5.83. The van der Waals surface area contributed by atoms with Crippen molar-refractivity contribution in [3.05, 3.63) is 0 Å². The van der Waals surface area contributed by atoms with Crippen LogP contribution in [-0.4, -0.2) is 75.0 Å². The van der Waals surface area contributed by atoms with Gasteiger partial charge < -0.3 is 20.1 Å². The molecule has 2 N–H and O–H groups in total. The molecule has 0 aromatic rings. The summed E-state index contributed by atoms with van der Waals surface area (Å²) in [6, 6.07) is 0. The second kappa shape index (κ2) is 11.4. The molecule has 1 aliphatic heterocycles. The minimum absolute atomic E-state index is 0. The summed E-state index contributed by atoms with van der Waals surface area (Å²) in [6.45, 7) is 15.8. The Morgan fingerprint density at radius 2 is 1.87 bits per heavy atom. The zero-order valence-corrected chi connectivity index (χ0v) is 17.8. The highest BCUT2D eigenvalue weighted by molar-refractivity contribution is 14.0. The smallest absolute Gasteiger partial charge is 0.191 e. The minimum Gasteiger partial charge on any atom is -0.383 e. The van der Waals surface area contributed by atoms with Gasteiger partial charge in [0.15, 0.2) is 5.96 Å². The second-order valence-corrected chi connectivity index (χ2v) is 6.59. The molecule has 0 aromatic heterocycles. The van der Waals surface area contributed by atoms with E-state index in [0.29, 0.717) is 6.61 Å². The maximum atomic E-state index is 5.83. The van der Waals surface area contributed by atoms with Gasteiger partial charge in [0.25, 0.3) is 0 Å². The lowest BCUT2D eigenvalue weighted by molar-refractivity contribution is -0.0939. The number of hydrogen-bond acceptors (Lipinski definition) is 4. The fourth-order valence-electron chi connectivity index (χ4n) is 2.66. The summed E-state index contributed by atoms with van der Waals surface area (Å²) in [4.78, 5) is 7.22. The average molecular weight is 442 g/mol. The van der Waals surface area contributed by atoms with Crippen LogP contribution in [0, 0.1) is 0 Å². The fraction of sp³-hybridized carbons (Fsp3) is 0.938. The van der Waals surface area contributed by atoms with E-state index in [-0.39, 0.29) is 41.7 Å². The van der Waals surface area contributed by atoms with Gasteiger partial charge in [-0.1, -0.05) is 0 Å². The highest BCUT2D eigenvalue weighted by Gasteiger charge is 2.33. The zero-order valence-electron chi connectivity index (χ0n) is 15.5. The predicted octanol–water partition coefficient (Wildman–Crippen LogP) is 1.69. The number of methoxy groups -OCH3 is 1. The third-order valence-electron chi connectivity index (χ3n) is 3.84. The Kier molecular flexibility index (Phi) is 11.4. The molecule has 1 heterocycles. The van der Waals surface area contributed by atoms with Crippen molar-refractivity contribution in [2.75, 3.05) is 46.4 Å². The maximum Gasteiger partial charge on any atom is 0.191 e. The molecule has 0 bridgehead atoms. The number of aliphatic imine (C=N–C) groups is 1. The van der Waals surface area contributed by atoms with Crippen LogP contribution in [-0.2, 0) is 9.47 Å². The summed E-state index contributed by atoms with van der Waals surface area (Å²) < 4.78 is 10.9. The van der Waals surface area contributed by atoms with E-state index in [1.165, 1.54) is 0 Å².